The maximum absolute atomic E-state index is 6.54. The molecule has 0 unspecified atom stereocenters. The van der Waals surface area contributed by atoms with E-state index in [9.17, 15) is 0 Å². The molecule has 21 heavy (non-hydrogen) atoms. The number of nitrogens with zero attached hydrogens (tertiary/aromatic N) is 2. The van der Waals surface area contributed by atoms with Crippen LogP contribution < -0.4 is 5.73 Å². The minimum Gasteiger partial charge on any atom is -0.466 e. The second kappa shape index (κ2) is 5.30. The van der Waals surface area contributed by atoms with Gasteiger partial charge in [-0.05, 0) is 33.6 Å². The molecule has 0 saturated heterocycles. The molecule has 2 heterocycles. The van der Waals surface area contributed by atoms with Gasteiger partial charge < -0.3 is 14.7 Å². The molecular formula is C16H23N3O2. The Balaban J connectivity index is 1.96. The minimum absolute atomic E-state index is 0.446. The third-order valence-corrected chi connectivity index (χ3v) is 4.64. The number of hydrogen-bond acceptors (Lipinski definition) is 5. The molecule has 1 aliphatic carbocycles. The average Bonchev–Trinajstić information content (AvgIpc) is 2.93. The molecule has 2 aromatic heterocycles. The second-order valence-electron chi connectivity index (χ2n) is 6.21. The van der Waals surface area contributed by atoms with Gasteiger partial charge in [0.1, 0.15) is 11.5 Å². The number of nitrogens with two attached hydrogens (primary N) is 1. The van der Waals surface area contributed by atoms with Gasteiger partial charge in [0.25, 0.3) is 5.89 Å². The Morgan fingerprint density at radius 2 is 1.67 bits per heavy atom. The Bertz CT molecular complexity index is 634. The van der Waals surface area contributed by atoms with Gasteiger partial charge in [-0.3, -0.25) is 0 Å². The van der Waals surface area contributed by atoms with Crippen LogP contribution >= 0.6 is 0 Å². The van der Waals surface area contributed by atoms with E-state index in [2.05, 4.69) is 10.1 Å². The average molecular weight is 289 g/mol. The zero-order chi connectivity index (χ0) is 15.0. The Morgan fingerprint density at radius 3 is 2.24 bits per heavy atom. The molecular weight excluding hydrogens is 266 g/mol. The molecule has 0 aliphatic heterocycles. The van der Waals surface area contributed by atoms with Crippen molar-refractivity contribution in [2.45, 2.75) is 64.8 Å². The van der Waals surface area contributed by atoms with Crippen LogP contribution in [0.2, 0.25) is 0 Å². The molecule has 3 rings (SSSR count). The Kier molecular flexibility index (Phi) is 3.61. The second-order valence-corrected chi connectivity index (χ2v) is 6.21. The molecule has 5 nitrogen and oxygen atoms in total. The minimum atomic E-state index is -0.446. The Hall–Kier alpha value is -1.62. The predicted molar refractivity (Wildman–Crippen MR) is 79.8 cm³/mol. The van der Waals surface area contributed by atoms with Gasteiger partial charge in [0.15, 0.2) is 5.82 Å². The third kappa shape index (κ3) is 2.50. The van der Waals surface area contributed by atoms with Crippen LogP contribution in [0.3, 0.4) is 0 Å². The quantitative estimate of drug-likeness (QED) is 0.851. The van der Waals surface area contributed by atoms with Gasteiger partial charge in [-0.25, -0.2) is 0 Å². The fraction of sp³-hybridized carbons (Fsp3) is 0.625. The van der Waals surface area contributed by atoms with Crippen LogP contribution in [0.1, 0.15) is 61.4 Å². The van der Waals surface area contributed by atoms with E-state index in [4.69, 9.17) is 14.7 Å². The topological polar surface area (TPSA) is 78.1 Å². The van der Waals surface area contributed by atoms with E-state index in [-0.39, 0.29) is 0 Å². The molecule has 0 atom stereocenters. The van der Waals surface area contributed by atoms with Crippen molar-refractivity contribution < 1.29 is 8.94 Å². The monoisotopic (exact) mass is 289 g/mol. The third-order valence-electron chi connectivity index (χ3n) is 4.64. The van der Waals surface area contributed by atoms with E-state index in [0.717, 1.165) is 48.3 Å². The summed E-state index contributed by atoms with van der Waals surface area (Å²) in [7, 11) is 0. The normalized spacial score (nSPS) is 18.7. The van der Waals surface area contributed by atoms with Gasteiger partial charge in [-0.15, -0.1) is 0 Å². The van der Waals surface area contributed by atoms with Crippen molar-refractivity contribution in [1.82, 2.24) is 10.1 Å². The summed E-state index contributed by atoms with van der Waals surface area (Å²) in [5.74, 6) is 2.86. The zero-order valence-electron chi connectivity index (χ0n) is 13.0. The van der Waals surface area contributed by atoms with Crippen molar-refractivity contribution in [3.63, 3.8) is 0 Å². The summed E-state index contributed by atoms with van der Waals surface area (Å²) in [5.41, 5.74) is 8.06. The SMILES string of the molecule is Cc1oc(C)c(-c2nc(C3(N)CCCCCC3)no2)c1C. The number of aromatic nitrogens is 2. The predicted octanol–water partition coefficient (Wildman–Crippen LogP) is 3.76. The van der Waals surface area contributed by atoms with Gasteiger partial charge in [0.2, 0.25) is 0 Å². The summed E-state index contributed by atoms with van der Waals surface area (Å²) in [6.07, 6.45) is 6.58. The lowest BCUT2D eigenvalue weighted by Crippen LogP contribution is -2.37. The molecule has 0 aromatic carbocycles. The zero-order valence-corrected chi connectivity index (χ0v) is 13.0. The fourth-order valence-corrected chi connectivity index (χ4v) is 3.22. The number of hydrogen-bond donors (Lipinski definition) is 1. The van der Waals surface area contributed by atoms with E-state index >= 15 is 0 Å². The summed E-state index contributed by atoms with van der Waals surface area (Å²) in [6, 6.07) is 0. The largest absolute Gasteiger partial charge is 0.466 e. The smallest absolute Gasteiger partial charge is 0.261 e. The maximum Gasteiger partial charge on any atom is 0.261 e. The summed E-state index contributed by atoms with van der Waals surface area (Å²) < 4.78 is 11.1. The van der Waals surface area contributed by atoms with E-state index in [1.54, 1.807) is 0 Å². The first-order chi connectivity index (χ1) is 10.0. The molecule has 0 radical (unpaired) electrons. The Morgan fingerprint density at radius 1 is 1.00 bits per heavy atom. The lowest BCUT2D eigenvalue weighted by atomic mass is 9.91. The first-order valence-corrected chi connectivity index (χ1v) is 7.71. The van der Waals surface area contributed by atoms with Gasteiger partial charge in [0.05, 0.1) is 11.1 Å². The van der Waals surface area contributed by atoms with Crippen LogP contribution in [0, 0.1) is 20.8 Å². The van der Waals surface area contributed by atoms with E-state index < -0.39 is 5.54 Å². The van der Waals surface area contributed by atoms with Gasteiger partial charge in [0, 0.05) is 5.56 Å². The van der Waals surface area contributed by atoms with Crippen LogP contribution in [0.5, 0.6) is 0 Å². The molecule has 1 fully saturated rings. The first-order valence-electron chi connectivity index (χ1n) is 7.71. The van der Waals surface area contributed by atoms with E-state index in [0.29, 0.717) is 11.7 Å². The summed E-state index contributed by atoms with van der Waals surface area (Å²) >= 11 is 0. The van der Waals surface area contributed by atoms with Crippen LogP contribution in [0.25, 0.3) is 11.5 Å². The van der Waals surface area contributed by atoms with Crippen LogP contribution in [-0.2, 0) is 5.54 Å². The lowest BCUT2D eigenvalue weighted by molar-refractivity contribution is 0.334. The summed E-state index contributed by atoms with van der Waals surface area (Å²) in [4.78, 5) is 4.59. The van der Waals surface area contributed by atoms with Crippen LogP contribution in [0.4, 0.5) is 0 Å². The highest BCUT2D eigenvalue weighted by atomic mass is 16.5. The molecule has 2 aromatic rings. The summed E-state index contributed by atoms with van der Waals surface area (Å²) in [6.45, 7) is 5.87. The molecule has 0 amide bonds. The number of aryl methyl sites for hydroxylation is 2. The van der Waals surface area contributed by atoms with Crippen molar-refractivity contribution in [1.29, 1.82) is 0 Å². The van der Waals surface area contributed by atoms with Crippen molar-refractivity contribution in [3.8, 4) is 11.5 Å². The highest BCUT2D eigenvalue weighted by Gasteiger charge is 2.34. The van der Waals surface area contributed by atoms with Crippen LogP contribution in [0.15, 0.2) is 8.94 Å². The molecule has 5 heteroatoms. The standard InChI is InChI=1S/C16H23N3O2/c1-10-11(2)20-12(3)13(10)14-18-15(19-21-14)16(17)8-6-4-5-7-9-16/h4-9,17H2,1-3H3. The fourth-order valence-electron chi connectivity index (χ4n) is 3.22. The number of rotatable bonds is 2. The Labute approximate surface area is 124 Å². The molecule has 1 saturated carbocycles. The number of furan rings is 1. The maximum atomic E-state index is 6.54. The van der Waals surface area contributed by atoms with E-state index in [1.165, 1.54) is 12.8 Å². The van der Waals surface area contributed by atoms with Gasteiger partial charge >= 0.3 is 0 Å². The van der Waals surface area contributed by atoms with Crippen molar-refractivity contribution in [2.75, 3.05) is 0 Å². The molecule has 0 spiro atoms. The van der Waals surface area contributed by atoms with Crippen molar-refractivity contribution in [2.24, 2.45) is 5.73 Å². The van der Waals surface area contributed by atoms with Gasteiger partial charge in [-0.1, -0.05) is 30.8 Å². The highest BCUT2D eigenvalue weighted by molar-refractivity contribution is 5.61. The molecule has 114 valence electrons. The molecule has 1 aliphatic rings. The highest BCUT2D eigenvalue weighted by Crippen LogP contribution is 2.35. The first kappa shape index (κ1) is 14.3. The van der Waals surface area contributed by atoms with Crippen molar-refractivity contribution in [3.05, 3.63) is 22.9 Å². The van der Waals surface area contributed by atoms with Crippen molar-refractivity contribution >= 4 is 0 Å². The molecule has 2 N–H and O–H groups in total. The summed E-state index contributed by atoms with van der Waals surface area (Å²) in [5, 5.41) is 4.17. The van der Waals surface area contributed by atoms with E-state index in [1.807, 2.05) is 20.8 Å². The van der Waals surface area contributed by atoms with Gasteiger partial charge in [-0.2, -0.15) is 4.98 Å². The lowest BCUT2D eigenvalue weighted by Gasteiger charge is -2.23. The van der Waals surface area contributed by atoms with Crippen LogP contribution in [-0.4, -0.2) is 10.1 Å². The molecule has 0 bridgehead atoms.